The number of hydrogen-bond donors (Lipinski definition) is 1. The van der Waals surface area contributed by atoms with Crippen molar-refractivity contribution in [3.63, 3.8) is 0 Å². The summed E-state index contributed by atoms with van der Waals surface area (Å²) >= 11 is 0. The van der Waals surface area contributed by atoms with Crippen molar-refractivity contribution >= 4 is 0 Å². The standard InChI is InChI=1S/C15H22F3N/c1-2-3-4-5-6-7-13-9-8-12(11-19)10-14(13)15(16,17)18/h4-5,8,10,13H,2-3,6-7,9,11,19H2,1H3/b5-4+. The van der Waals surface area contributed by atoms with Crippen LogP contribution in [0.25, 0.3) is 0 Å². The molecule has 0 saturated heterocycles. The lowest BCUT2D eigenvalue weighted by atomic mass is 9.84. The van der Waals surface area contributed by atoms with Crippen LogP contribution >= 0.6 is 0 Å². The highest BCUT2D eigenvalue weighted by Gasteiger charge is 2.38. The van der Waals surface area contributed by atoms with E-state index in [0.29, 0.717) is 24.8 Å². The molecule has 0 aromatic carbocycles. The van der Waals surface area contributed by atoms with Gasteiger partial charge in [0.1, 0.15) is 0 Å². The molecule has 1 aliphatic carbocycles. The lowest BCUT2D eigenvalue weighted by molar-refractivity contribution is -0.0995. The summed E-state index contributed by atoms with van der Waals surface area (Å²) in [6, 6.07) is 0. The van der Waals surface area contributed by atoms with Crippen LogP contribution in [-0.2, 0) is 0 Å². The van der Waals surface area contributed by atoms with Crippen molar-refractivity contribution in [1.82, 2.24) is 0 Å². The van der Waals surface area contributed by atoms with Crippen molar-refractivity contribution < 1.29 is 13.2 Å². The number of hydrogen-bond acceptors (Lipinski definition) is 1. The Balaban J connectivity index is 2.63. The van der Waals surface area contributed by atoms with Gasteiger partial charge in [0.2, 0.25) is 0 Å². The second-order valence-electron chi connectivity index (χ2n) is 4.85. The zero-order chi connectivity index (χ0) is 14.3. The van der Waals surface area contributed by atoms with E-state index in [1.54, 1.807) is 0 Å². The predicted molar refractivity (Wildman–Crippen MR) is 72.7 cm³/mol. The number of halogens is 3. The first kappa shape index (κ1) is 16.0. The topological polar surface area (TPSA) is 26.0 Å². The van der Waals surface area contributed by atoms with Crippen LogP contribution in [-0.4, -0.2) is 12.7 Å². The molecule has 1 aliphatic rings. The molecule has 0 fully saturated rings. The maximum Gasteiger partial charge on any atom is 0.412 e. The molecule has 1 atom stereocenters. The molecule has 108 valence electrons. The summed E-state index contributed by atoms with van der Waals surface area (Å²) in [6.07, 6.45) is 6.58. The normalized spacial score (nSPS) is 20.6. The molecular formula is C15H22F3N. The highest BCUT2D eigenvalue weighted by Crippen LogP contribution is 2.38. The summed E-state index contributed by atoms with van der Waals surface area (Å²) in [6.45, 7) is 2.25. The number of unbranched alkanes of at least 4 members (excludes halogenated alkanes) is 1. The fraction of sp³-hybridized carbons (Fsp3) is 0.600. The lowest BCUT2D eigenvalue weighted by Crippen LogP contribution is -2.23. The molecule has 0 saturated carbocycles. The molecule has 0 heterocycles. The third-order valence-corrected chi connectivity index (χ3v) is 3.31. The number of allylic oxidation sites excluding steroid dienone is 4. The molecule has 0 spiro atoms. The molecule has 0 radical (unpaired) electrons. The Morgan fingerprint density at radius 1 is 1.32 bits per heavy atom. The molecule has 2 N–H and O–H groups in total. The maximum absolute atomic E-state index is 13.0. The van der Waals surface area contributed by atoms with Gasteiger partial charge in [-0.05, 0) is 43.3 Å². The van der Waals surface area contributed by atoms with Gasteiger partial charge in [-0.25, -0.2) is 0 Å². The van der Waals surface area contributed by atoms with Crippen LogP contribution in [0.3, 0.4) is 0 Å². The summed E-state index contributed by atoms with van der Waals surface area (Å²) in [5.41, 5.74) is 5.59. The van der Waals surface area contributed by atoms with Gasteiger partial charge in [0.05, 0.1) is 0 Å². The fourth-order valence-electron chi connectivity index (χ4n) is 2.23. The Bertz CT molecular complexity index is 364. The Morgan fingerprint density at radius 3 is 2.58 bits per heavy atom. The van der Waals surface area contributed by atoms with E-state index in [1.165, 1.54) is 6.08 Å². The van der Waals surface area contributed by atoms with Gasteiger partial charge in [0.25, 0.3) is 0 Å². The zero-order valence-corrected chi connectivity index (χ0v) is 11.3. The molecule has 0 bridgehead atoms. The van der Waals surface area contributed by atoms with E-state index in [0.717, 1.165) is 12.8 Å². The van der Waals surface area contributed by atoms with E-state index in [-0.39, 0.29) is 6.54 Å². The number of rotatable bonds is 6. The van der Waals surface area contributed by atoms with Crippen molar-refractivity contribution in [2.75, 3.05) is 6.54 Å². The Hall–Kier alpha value is -1.03. The van der Waals surface area contributed by atoms with Gasteiger partial charge in [0, 0.05) is 12.1 Å². The highest BCUT2D eigenvalue weighted by atomic mass is 19.4. The molecule has 1 unspecified atom stereocenters. The van der Waals surface area contributed by atoms with Crippen LogP contribution in [0.1, 0.15) is 39.0 Å². The monoisotopic (exact) mass is 273 g/mol. The molecule has 0 aromatic rings. The lowest BCUT2D eigenvalue weighted by Gasteiger charge is -2.25. The fourth-order valence-corrected chi connectivity index (χ4v) is 2.23. The molecule has 1 rings (SSSR count). The Morgan fingerprint density at radius 2 is 2.00 bits per heavy atom. The van der Waals surface area contributed by atoms with E-state index in [4.69, 9.17) is 5.73 Å². The second-order valence-corrected chi connectivity index (χ2v) is 4.85. The first-order valence-electron chi connectivity index (χ1n) is 6.82. The minimum Gasteiger partial charge on any atom is -0.327 e. The third kappa shape index (κ3) is 5.23. The Labute approximate surface area is 113 Å². The summed E-state index contributed by atoms with van der Waals surface area (Å²) in [5, 5.41) is 0. The molecule has 4 heteroatoms. The minimum atomic E-state index is -4.24. The summed E-state index contributed by atoms with van der Waals surface area (Å²) < 4.78 is 38.9. The van der Waals surface area contributed by atoms with E-state index >= 15 is 0 Å². The van der Waals surface area contributed by atoms with Gasteiger partial charge in [0.15, 0.2) is 0 Å². The first-order chi connectivity index (χ1) is 8.99. The summed E-state index contributed by atoms with van der Waals surface area (Å²) in [5.74, 6) is -0.429. The minimum absolute atomic E-state index is 0.169. The van der Waals surface area contributed by atoms with Crippen LogP contribution in [0, 0.1) is 5.92 Å². The van der Waals surface area contributed by atoms with E-state index in [9.17, 15) is 13.2 Å². The van der Waals surface area contributed by atoms with Crippen LogP contribution in [0.15, 0.2) is 35.5 Å². The average Bonchev–Trinajstić information content (AvgIpc) is 2.37. The van der Waals surface area contributed by atoms with Crippen molar-refractivity contribution in [2.45, 2.75) is 45.2 Å². The van der Waals surface area contributed by atoms with Crippen molar-refractivity contribution in [1.29, 1.82) is 0 Å². The van der Waals surface area contributed by atoms with Gasteiger partial charge in [-0.15, -0.1) is 0 Å². The Kier molecular flexibility index (Phi) is 6.35. The summed E-state index contributed by atoms with van der Waals surface area (Å²) in [7, 11) is 0. The quantitative estimate of drug-likeness (QED) is 0.708. The van der Waals surface area contributed by atoms with Crippen LogP contribution in [0.5, 0.6) is 0 Å². The van der Waals surface area contributed by atoms with Gasteiger partial charge in [-0.1, -0.05) is 31.6 Å². The molecular weight excluding hydrogens is 251 g/mol. The molecule has 19 heavy (non-hydrogen) atoms. The summed E-state index contributed by atoms with van der Waals surface area (Å²) in [4.78, 5) is 0. The van der Waals surface area contributed by atoms with Gasteiger partial charge >= 0.3 is 6.18 Å². The van der Waals surface area contributed by atoms with E-state index in [2.05, 4.69) is 6.92 Å². The third-order valence-electron chi connectivity index (χ3n) is 3.31. The number of alkyl halides is 3. The average molecular weight is 273 g/mol. The maximum atomic E-state index is 13.0. The molecule has 0 amide bonds. The predicted octanol–water partition coefficient (Wildman–Crippen LogP) is 4.52. The molecule has 0 aromatic heterocycles. The van der Waals surface area contributed by atoms with Crippen LogP contribution in [0.4, 0.5) is 13.2 Å². The van der Waals surface area contributed by atoms with Crippen LogP contribution in [0.2, 0.25) is 0 Å². The van der Waals surface area contributed by atoms with Crippen molar-refractivity contribution in [2.24, 2.45) is 11.7 Å². The van der Waals surface area contributed by atoms with Gasteiger partial charge in [-0.3, -0.25) is 0 Å². The van der Waals surface area contributed by atoms with E-state index in [1.807, 2.05) is 18.2 Å². The zero-order valence-electron chi connectivity index (χ0n) is 11.3. The smallest absolute Gasteiger partial charge is 0.327 e. The van der Waals surface area contributed by atoms with Crippen molar-refractivity contribution in [3.05, 3.63) is 35.5 Å². The van der Waals surface area contributed by atoms with E-state index < -0.39 is 17.7 Å². The van der Waals surface area contributed by atoms with Crippen LogP contribution < -0.4 is 5.73 Å². The van der Waals surface area contributed by atoms with Gasteiger partial charge < -0.3 is 5.73 Å². The van der Waals surface area contributed by atoms with Gasteiger partial charge in [-0.2, -0.15) is 13.2 Å². The SMILES string of the molecule is CCC/C=C/CCC1CC=C(CN)C=C1C(F)(F)F. The molecule has 1 nitrogen and oxygen atoms in total. The second kappa shape index (κ2) is 7.53. The highest BCUT2D eigenvalue weighted by molar-refractivity contribution is 5.33. The van der Waals surface area contributed by atoms with Crippen molar-refractivity contribution in [3.8, 4) is 0 Å². The number of nitrogens with two attached hydrogens (primary N) is 1. The molecule has 0 aliphatic heterocycles. The first-order valence-corrected chi connectivity index (χ1v) is 6.82. The largest absolute Gasteiger partial charge is 0.412 e.